The van der Waals surface area contributed by atoms with Crippen LogP contribution in [0.2, 0.25) is 0 Å². The van der Waals surface area contributed by atoms with Gasteiger partial charge < -0.3 is 0 Å². The van der Waals surface area contributed by atoms with Crippen LogP contribution in [0.15, 0.2) is 0 Å². The van der Waals surface area contributed by atoms with E-state index in [0.29, 0.717) is 0 Å². The molecule has 0 bridgehead atoms. The second-order valence-electron chi connectivity index (χ2n) is 1.87. The molecule has 0 fully saturated rings. The van der Waals surface area contributed by atoms with Crippen molar-refractivity contribution >= 4 is 10.0 Å². The van der Waals surface area contributed by atoms with Gasteiger partial charge in [-0.25, -0.2) is 17.1 Å². The van der Waals surface area contributed by atoms with Gasteiger partial charge in [0.15, 0.2) is 0 Å². The van der Waals surface area contributed by atoms with Gasteiger partial charge in [0.2, 0.25) is 15.5 Å². The number of halogens is 1. The van der Waals surface area contributed by atoms with Crippen LogP contribution < -0.4 is 0 Å². The number of hydrogen-bond donors (Lipinski definition) is 0. The molecule has 0 aliphatic rings. The predicted molar refractivity (Wildman–Crippen MR) is 33.2 cm³/mol. The lowest BCUT2D eigenvalue weighted by Crippen LogP contribution is -2.28. The Labute approximate surface area is 54.5 Å². The quantitative estimate of drug-likeness (QED) is 0.571. The molecule has 1 unspecified atom stereocenters. The summed E-state index contributed by atoms with van der Waals surface area (Å²) in [4.78, 5) is 0. The molecule has 0 aliphatic heterocycles. The van der Waals surface area contributed by atoms with Crippen LogP contribution in [-0.2, 0) is 10.0 Å². The molecule has 0 aromatic rings. The summed E-state index contributed by atoms with van der Waals surface area (Å²) in [6.45, 7) is 0.995. The van der Waals surface area contributed by atoms with Crippen molar-refractivity contribution in [3.05, 3.63) is 0 Å². The third-order valence-electron chi connectivity index (χ3n) is 0.919. The van der Waals surface area contributed by atoms with Crippen molar-refractivity contribution in [2.45, 2.75) is 12.4 Å². The van der Waals surface area contributed by atoms with Crippen molar-refractivity contribution in [1.82, 2.24) is 4.31 Å². The van der Waals surface area contributed by atoms with Gasteiger partial charge in [-0.2, -0.15) is 0 Å². The molecule has 0 aliphatic carbocycles. The SMILES string of the molecule is CC(F)S(=O)(=O)N(C)C. The molecular formula is C4H10FNO2S. The van der Waals surface area contributed by atoms with Crippen molar-refractivity contribution in [3.63, 3.8) is 0 Å². The minimum absolute atomic E-state index is 0.859. The van der Waals surface area contributed by atoms with Gasteiger partial charge in [-0.1, -0.05) is 0 Å². The third kappa shape index (κ3) is 1.91. The summed E-state index contributed by atoms with van der Waals surface area (Å²) in [5.41, 5.74) is -1.81. The standard InChI is InChI=1S/C4H10FNO2S/c1-4(5)9(7,8)6(2)3/h4H,1-3H3. The maximum atomic E-state index is 12.1. The fourth-order valence-electron chi connectivity index (χ4n) is 0.291. The molecule has 0 saturated heterocycles. The first kappa shape index (κ1) is 8.84. The first-order valence-corrected chi connectivity index (χ1v) is 3.94. The van der Waals surface area contributed by atoms with Gasteiger partial charge >= 0.3 is 0 Å². The van der Waals surface area contributed by atoms with E-state index in [0.717, 1.165) is 11.2 Å². The van der Waals surface area contributed by atoms with Gasteiger partial charge in [-0.3, -0.25) is 0 Å². The maximum Gasteiger partial charge on any atom is 0.245 e. The molecule has 0 aromatic heterocycles. The fourth-order valence-corrected chi connectivity index (χ4v) is 0.872. The van der Waals surface area contributed by atoms with Crippen molar-refractivity contribution < 1.29 is 12.8 Å². The minimum Gasteiger partial charge on any atom is -0.229 e. The maximum absolute atomic E-state index is 12.1. The summed E-state index contributed by atoms with van der Waals surface area (Å²) >= 11 is 0. The Hall–Kier alpha value is -0.160. The van der Waals surface area contributed by atoms with E-state index < -0.39 is 15.5 Å². The highest BCUT2D eigenvalue weighted by Gasteiger charge is 2.21. The molecule has 1 atom stereocenters. The van der Waals surface area contributed by atoms with Gasteiger partial charge in [0, 0.05) is 14.1 Å². The lowest BCUT2D eigenvalue weighted by molar-refractivity contribution is 0.412. The summed E-state index contributed by atoms with van der Waals surface area (Å²) in [6, 6.07) is 0. The number of nitrogens with zero attached hydrogens (tertiary/aromatic N) is 1. The summed E-state index contributed by atoms with van der Waals surface area (Å²) in [6.07, 6.45) is 0. The Morgan fingerprint density at radius 3 is 1.78 bits per heavy atom. The Kier molecular flexibility index (Phi) is 2.57. The van der Waals surface area contributed by atoms with Crippen LogP contribution in [0.25, 0.3) is 0 Å². The van der Waals surface area contributed by atoms with Gasteiger partial charge in [-0.15, -0.1) is 0 Å². The van der Waals surface area contributed by atoms with E-state index in [2.05, 4.69) is 0 Å². The van der Waals surface area contributed by atoms with Crippen LogP contribution >= 0.6 is 0 Å². The van der Waals surface area contributed by atoms with Gasteiger partial charge in [-0.05, 0) is 6.92 Å². The van der Waals surface area contributed by atoms with Crippen molar-refractivity contribution in [1.29, 1.82) is 0 Å². The molecule has 0 spiro atoms. The van der Waals surface area contributed by atoms with Crippen LogP contribution in [0, 0.1) is 0 Å². The molecule has 0 amide bonds. The normalized spacial score (nSPS) is 16.1. The highest BCUT2D eigenvalue weighted by Crippen LogP contribution is 2.03. The van der Waals surface area contributed by atoms with E-state index in [4.69, 9.17) is 0 Å². The smallest absolute Gasteiger partial charge is 0.229 e. The number of alkyl halides is 1. The van der Waals surface area contributed by atoms with Gasteiger partial charge in [0.1, 0.15) is 0 Å². The van der Waals surface area contributed by atoms with Gasteiger partial charge in [0.05, 0.1) is 0 Å². The lowest BCUT2D eigenvalue weighted by atomic mass is 10.9. The number of sulfonamides is 1. The Balaban J connectivity index is 4.42. The van der Waals surface area contributed by atoms with Crippen LogP contribution in [0.5, 0.6) is 0 Å². The highest BCUT2D eigenvalue weighted by molar-refractivity contribution is 7.89. The molecule has 0 rings (SSSR count). The fraction of sp³-hybridized carbons (Fsp3) is 1.00. The van der Waals surface area contributed by atoms with Crippen LogP contribution in [-0.4, -0.2) is 32.3 Å². The van der Waals surface area contributed by atoms with E-state index in [1.54, 1.807) is 0 Å². The lowest BCUT2D eigenvalue weighted by Gasteiger charge is -2.10. The summed E-state index contributed by atoms with van der Waals surface area (Å²) in [5, 5.41) is 0. The molecule has 3 nitrogen and oxygen atoms in total. The van der Waals surface area contributed by atoms with E-state index in [9.17, 15) is 12.8 Å². The average molecular weight is 155 g/mol. The molecular weight excluding hydrogens is 145 g/mol. The van der Waals surface area contributed by atoms with E-state index in [-0.39, 0.29) is 0 Å². The van der Waals surface area contributed by atoms with Crippen molar-refractivity contribution in [2.75, 3.05) is 14.1 Å². The van der Waals surface area contributed by atoms with Crippen molar-refractivity contribution in [3.8, 4) is 0 Å². The number of rotatable bonds is 2. The second kappa shape index (κ2) is 2.62. The predicted octanol–water partition coefficient (Wildman–Crippen LogP) is 0.193. The Morgan fingerprint density at radius 2 is 1.78 bits per heavy atom. The Bertz CT molecular complexity index is 159. The molecule has 0 radical (unpaired) electrons. The Morgan fingerprint density at radius 1 is 1.44 bits per heavy atom. The monoisotopic (exact) mass is 155 g/mol. The topological polar surface area (TPSA) is 37.4 Å². The van der Waals surface area contributed by atoms with E-state index >= 15 is 0 Å². The molecule has 5 heteroatoms. The summed E-state index contributed by atoms with van der Waals surface area (Å²) < 4.78 is 34.1. The number of hydrogen-bond acceptors (Lipinski definition) is 2. The minimum atomic E-state index is -3.65. The summed E-state index contributed by atoms with van der Waals surface area (Å²) in [7, 11) is -1.05. The van der Waals surface area contributed by atoms with Crippen LogP contribution in [0.3, 0.4) is 0 Å². The molecule has 9 heavy (non-hydrogen) atoms. The zero-order valence-electron chi connectivity index (χ0n) is 5.63. The third-order valence-corrected chi connectivity index (χ3v) is 2.76. The summed E-state index contributed by atoms with van der Waals surface area (Å²) in [5.74, 6) is 0. The van der Waals surface area contributed by atoms with Gasteiger partial charge in [0.25, 0.3) is 0 Å². The average Bonchev–Trinajstić information content (AvgIpc) is 1.65. The second-order valence-corrected chi connectivity index (χ2v) is 4.28. The molecule has 0 saturated carbocycles. The first-order chi connectivity index (χ1) is 3.89. The molecule has 56 valence electrons. The molecule has 0 aromatic carbocycles. The largest absolute Gasteiger partial charge is 0.245 e. The molecule has 0 N–H and O–H groups in total. The van der Waals surface area contributed by atoms with Crippen LogP contribution in [0.4, 0.5) is 4.39 Å². The van der Waals surface area contributed by atoms with E-state index in [1.165, 1.54) is 14.1 Å². The van der Waals surface area contributed by atoms with Crippen molar-refractivity contribution in [2.24, 2.45) is 0 Å². The zero-order valence-corrected chi connectivity index (χ0v) is 6.44. The van der Waals surface area contributed by atoms with E-state index in [1.807, 2.05) is 0 Å². The first-order valence-electron chi connectivity index (χ1n) is 2.44. The zero-order chi connectivity index (χ0) is 7.65. The molecule has 0 heterocycles. The van der Waals surface area contributed by atoms with Crippen LogP contribution in [0.1, 0.15) is 6.92 Å². The highest BCUT2D eigenvalue weighted by atomic mass is 32.2.